The van der Waals surface area contributed by atoms with E-state index in [0.717, 1.165) is 29.7 Å². The van der Waals surface area contributed by atoms with Crippen molar-refractivity contribution < 1.29 is 14.3 Å². The van der Waals surface area contributed by atoms with E-state index in [9.17, 15) is 9.59 Å². The lowest BCUT2D eigenvalue weighted by atomic mass is 10.0. The largest absolute Gasteiger partial charge is 0.452 e. The molecule has 0 saturated heterocycles. The number of amides is 1. The molecule has 28 heavy (non-hydrogen) atoms. The van der Waals surface area contributed by atoms with E-state index in [1.165, 1.54) is 11.0 Å². The Bertz CT molecular complexity index is 947. The highest BCUT2D eigenvalue weighted by Gasteiger charge is 2.14. The molecule has 2 aromatic carbocycles. The van der Waals surface area contributed by atoms with E-state index in [1.807, 2.05) is 32.0 Å². The molecule has 0 aliphatic carbocycles. The maximum absolute atomic E-state index is 12.3. The second-order valence-electron chi connectivity index (χ2n) is 6.09. The third-order valence-electron chi connectivity index (χ3n) is 4.29. The number of rotatable bonds is 7. The van der Waals surface area contributed by atoms with Gasteiger partial charge >= 0.3 is 5.97 Å². The van der Waals surface area contributed by atoms with Gasteiger partial charge in [0.1, 0.15) is 6.33 Å². The fourth-order valence-electron chi connectivity index (χ4n) is 2.85. The zero-order valence-electron chi connectivity index (χ0n) is 15.8. The second kappa shape index (κ2) is 8.90. The van der Waals surface area contributed by atoms with Crippen molar-refractivity contribution in [1.82, 2.24) is 20.2 Å². The Hall–Kier alpha value is -3.55. The van der Waals surface area contributed by atoms with Gasteiger partial charge in [-0.1, -0.05) is 38.1 Å². The van der Waals surface area contributed by atoms with Gasteiger partial charge in [0, 0.05) is 5.69 Å². The molecule has 0 saturated carbocycles. The van der Waals surface area contributed by atoms with Crippen molar-refractivity contribution >= 4 is 17.6 Å². The molecular formula is C20H21N5O3. The van der Waals surface area contributed by atoms with Gasteiger partial charge in [-0.2, -0.15) is 0 Å². The van der Waals surface area contributed by atoms with Crippen molar-refractivity contribution in [3.8, 4) is 5.69 Å². The third-order valence-corrected chi connectivity index (χ3v) is 4.29. The SMILES string of the molecule is CCc1cccc(CC)c1NC(=O)COC(=O)c1cccc(-n2cnnn2)c1. The number of aryl methyl sites for hydroxylation is 2. The topological polar surface area (TPSA) is 99.0 Å². The summed E-state index contributed by atoms with van der Waals surface area (Å²) in [7, 11) is 0. The zero-order valence-corrected chi connectivity index (χ0v) is 15.8. The Kier molecular flexibility index (Phi) is 6.11. The van der Waals surface area contributed by atoms with Crippen LogP contribution in [0.3, 0.4) is 0 Å². The van der Waals surface area contributed by atoms with Crippen LogP contribution < -0.4 is 5.32 Å². The number of para-hydroxylation sites is 1. The molecule has 0 radical (unpaired) electrons. The normalized spacial score (nSPS) is 10.5. The third kappa shape index (κ3) is 4.40. The summed E-state index contributed by atoms with van der Waals surface area (Å²) in [6.07, 6.45) is 3.02. The van der Waals surface area contributed by atoms with Crippen LogP contribution in [0.4, 0.5) is 5.69 Å². The molecule has 0 bridgehead atoms. The van der Waals surface area contributed by atoms with Crippen LogP contribution in [0.25, 0.3) is 5.69 Å². The van der Waals surface area contributed by atoms with Crippen molar-refractivity contribution in [3.05, 3.63) is 65.5 Å². The molecule has 8 heteroatoms. The highest BCUT2D eigenvalue weighted by atomic mass is 16.5. The van der Waals surface area contributed by atoms with Crippen LogP contribution in [0.2, 0.25) is 0 Å². The van der Waals surface area contributed by atoms with E-state index in [2.05, 4.69) is 20.8 Å². The Morgan fingerprint density at radius 3 is 2.43 bits per heavy atom. The van der Waals surface area contributed by atoms with Gasteiger partial charge in [-0.25, -0.2) is 9.48 Å². The maximum atomic E-state index is 12.3. The smallest absolute Gasteiger partial charge is 0.338 e. The first-order valence-corrected chi connectivity index (χ1v) is 9.03. The number of carbonyl (C=O) groups is 2. The summed E-state index contributed by atoms with van der Waals surface area (Å²) in [6.45, 7) is 3.69. The molecule has 1 aromatic heterocycles. The molecule has 0 fully saturated rings. The van der Waals surface area contributed by atoms with Gasteiger partial charge in [0.05, 0.1) is 11.3 Å². The Morgan fingerprint density at radius 2 is 1.79 bits per heavy atom. The standard InChI is InChI=1S/C20H21N5O3/c1-3-14-7-5-8-15(4-2)19(14)22-18(26)12-28-20(27)16-9-6-10-17(11-16)25-13-21-23-24-25/h5-11,13H,3-4,12H2,1-2H3,(H,22,26). The van der Waals surface area contributed by atoms with E-state index in [1.54, 1.807) is 24.3 Å². The van der Waals surface area contributed by atoms with Crippen molar-refractivity contribution in [3.63, 3.8) is 0 Å². The molecular weight excluding hydrogens is 358 g/mol. The van der Waals surface area contributed by atoms with Crippen molar-refractivity contribution in [1.29, 1.82) is 0 Å². The minimum absolute atomic E-state index is 0.309. The van der Waals surface area contributed by atoms with Crippen LogP contribution in [0.5, 0.6) is 0 Å². The molecule has 0 atom stereocenters. The number of nitrogens with zero attached hydrogens (tertiary/aromatic N) is 4. The number of hydrogen-bond acceptors (Lipinski definition) is 6. The summed E-state index contributed by atoms with van der Waals surface area (Å²) in [5.41, 5.74) is 3.83. The Labute approximate surface area is 162 Å². The number of hydrogen-bond donors (Lipinski definition) is 1. The average Bonchev–Trinajstić information content (AvgIpc) is 3.27. The van der Waals surface area contributed by atoms with Gasteiger partial charge in [0.2, 0.25) is 0 Å². The molecule has 1 amide bonds. The second-order valence-corrected chi connectivity index (χ2v) is 6.09. The molecule has 0 aliphatic rings. The summed E-state index contributed by atoms with van der Waals surface area (Å²) in [5, 5.41) is 13.8. The highest BCUT2D eigenvalue weighted by molar-refractivity contribution is 5.96. The first kappa shape index (κ1) is 19.2. The number of aromatic nitrogens is 4. The predicted octanol–water partition coefficient (Wildman–Crippen LogP) is 2.58. The molecule has 144 valence electrons. The zero-order chi connectivity index (χ0) is 19.9. The number of tetrazole rings is 1. The number of benzene rings is 2. The highest BCUT2D eigenvalue weighted by Crippen LogP contribution is 2.22. The maximum Gasteiger partial charge on any atom is 0.338 e. The number of carbonyl (C=O) groups excluding carboxylic acids is 2. The quantitative estimate of drug-likeness (QED) is 0.634. The Morgan fingerprint density at radius 1 is 1.07 bits per heavy atom. The summed E-state index contributed by atoms with van der Waals surface area (Å²) >= 11 is 0. The lowest BCUT2D eigenvalue weighted by Crippen LogP contribution is -2.22. The minimum atomic E-state index is -0.593. The van der Waals surface area contributed by atoms with Gasteiger partial charge in [-0.15, -0.1) is 5.10 Å². The monoisotopic (exact) mass is 379 g/mol. The Balaban J connectivity index is 1.64. The van der Waals surface area contributed by atoms with Crippen molar-refractivity contribution in [2.24, 2.45) is 0 Å². The van der Waals surface area contributed by atoms with Gasteiger partial charge in [0.25, 0.3) is 5.91 Å². The number of ether oxygens (including phenoxy) is 1. The molecule has 0 aliphatic heterocycles. The van der Waals surface area contributed by atoms with E-state index < -0.39 is 5.97 Å². The van der Waals surface area contributed by atoms with Crippen LogP contribution in [0.15, 0.2) is 48.8 Å². The molecule has 8 nitrogen and oxygen atoms in total. The van der Waals surface area contributed by atoms with Gasteiger partial charge < -0.3 is 10.1 Å². The van der Waals surface area contributed by atoms with Crippen LogP contribution in [-0.4, -0.2) is 38.7 Å². The van der Waals surface area contributed by atoms with Gasteiger partial charge in [-0.05, 0) is 52.6 Å². The molecule has 1 N–H and O–H groups in total. The van der Waals surface area contributed by atoms with Gasteiger partial charge in [-0.3, -0.25) is 4.79 Å². The molecule has 3 rings (SSSR count). The van der Waals surface area contributed by atoms with E-state index in [4.69, 9.17) is 4.74 Å². The lowest BCUT2D eigenvalue weighted by Gasteiger charge is -2.14. The number of nitrogens with one attached hydrogen (secondary N) is 1. The van der Waals surface area contributed by atoms with E-state index in [0.29, 0.717) is 11.3 Å². The summed E-state index contributed by atoms with van der Waals surface area (Å²) < 4.78 is 6.60. The number of esters is 1. The molecule has 3 aromatic rings. The lowest BCUT2D eigenvalue weighted by molar-refractivity contribution is -0.119. The van der Waals surface area contributed by atoms with Crippen LogP contribution >= 0.6 is 0 Å². The molecule has 1 heterocycles. The molecule has 0 unspecified atom stereocenters. The van der Waals surface area contributed by atoms with Crippen molar-refractivity contribution in [2.75, 3.05) is 11.9 Å². The minimum Gasteiger partial charge on any atom is -0.452 e. The predicted molar refractivity (Wildman–Crippen MR) is 103 cm³/mol. The average molecular weight is 379 g/mol. The van der Waals surface area contributed by atoms with Gasteiger partial charge in [0.15, 0.2) is 6.61 Å². The fourth-order valence-corrected chi connectivity index (χ4v) is 2.85. The first-order valence-electron chi connectivity index (χ1n) is 9.03. The van der Waals surface area contributed by atoms with Crippen LogP contribution in [0.1, 0.15) is 35.3 Å². The summed E-state index contributed by atoms with van der Waals surface area (Å²) in [4.78, 5) is 24.6. The van der Waals surface area contributed by atoms with Crippen molar-refractivity contribution in [2.45, 2.75) is 26.7 Å². The van der Waals surface area contributed by atoms with Crippen LogP contribution in [-0.2, 0) is 22.4 Å². The first-order chi connectivity index (χ1) is 13.6. The summed E-state index contributed by atoms with van der Waals surface area (Å²) in [5.74, 6) is -0.967. The molecule has 0 spiro atoms. The van der Waals surface area contributed by atoms with E-state index in [-0.39, 0.29) is 12.5 Å². The summed E-state index contributed by atoms with van der Waals surface area (Å²) in [6, 6.07) is 12.6. The van der Waals surface area contributed by atoms with Crippen LogP contribution in [0, 0.1) is 0 Å². The number of anilines is 1. The van der Waals surface area contributed by atoms with E-state index >= 15 is 0 Å². The fraction of sp³-hybridized carbons (Fsp3) is 0.250.